The van der Waals surface area contributed by atoms with Gasteiger partial charge in [0.1, 0.15) is 11.6 Å². The van der Waals surface area contributed by atoms with Gasteiger partial charge in [-0.2, -0.15) is 0 Å². The van der Waals surface area contributed by atoms with Crippen LogP contribution in [0.5, 0.6) is 0 Å². The Morgan fingerprint density at radius 1 is 1.16 bits per heavy atom. The molecule has 1 aliphatic rings. The van der Waals surface area contributed by atoms with Crippen LogP contribution in [0.3, 0.4) is 0 Å². The number of hydrogen-bond donors (Lipinski definition) is 0. The quantitative estimate of drug-likeness (QED) is 0.686. The maximum absolute atomic E-state index is 13.9. The van der Waals surface area contributed by atoms with Crippen LogP contribution in [-0.4, -0.2) is 0 Å². The lowest BCUT2D eigenvalue weighted by molar-refractivity contribution is 0.533. The molecular weight excluding hydrogens is 266 g/mol. The van der Waals surface area contributed by atoms with E-state index in [1.165, 1.54) is 17.2 Å². The molecule has 0 fully saturated rings. The van der Waals surface area contributed by atoms with Gasteiger partial charge < -0.3 is 0 Å². The summed E-state index contributed by atoms with van der Waals surface area (Å²) in [6.07, 6.45) is 0.847. The van der Waals surface area contributed by atoms with E-state index in [2.05, 4.69) is 6.07 Å². The van der Waals surface area contributed by atoms with Crippen molar-refractivity contribution in [3.8, 4) is 0 Å². The van der Waals surface area contributed by atoms with Gasteiger partial charge in [0.25, 0.3) is 0 Å². The van der Waals surface area contributed by atoms with Gasteiger partial charge in [0.2, 0.25) is 0 Å². The summed E-state index contributed by atoms with van der Waals surface area (Å²) in [6.45, 7) is 1.62. The average molecular weight is 279 g/mol. The van der Waals surface area contributed by atoms with Crippen LogP contribution in [0.1, 0.15) is 33.5 Å². The second kappa shape index (κ2) is 4.61. The number of hydrogen-bond acceptors (Lipinski definition) is 0. The van der Waals surface area contributed by atoms with E-state index >= 15 is 0 Å². The van der Waals surface area contributed by atoms with Crippen LogP contribution in [0.4, 0.5) is 8.78 Å². The molecule has 98 valence electrons. The van der Waals surface area contributed by atoms with Crippen LogP contribution in [0, 0.1) is 18.6 Å². The van der Waals surface area contributed by atoms with E-state index in [1.807, 2.05) is 18.2 Å². The summed E-state index contributed by atoms with van der Waals surface area (Å²) < 4.78 is 27.1. The number of rotatable bonds is 2. The summed E-state index contributed by atoms with van der Waals surface area (Å²) in [7, 11) is 0. The zero-order valence-electron chi connectivity index (χ0n) is 10.5. The van der Waals surface area contributed by atoms with Crippen LogP contribution < -0.4 is 0 Å². The van der Waals surface area contributed by atoms with Crippen LogP contribution in [0.15, 0.2) is 36.4 Å². The van der Waals surface area contributed by atoms with Gasteiger partial charge in [-0.3, -0.25) is 0 Å². The molecule has 2 aromatic carbocycles. The van der Waals surface area contributed by atoms with Crippen molar-refractivity contribution in [3.63, 3.8) is 0 Å². The maximum atomic E-state index is 13.9. The van der Waals surface area contributed by atoms with Crippen molar-refractivity contribution in [2.24, 2.45) is 0 Å². The topological polar surface area (TPSA) is 0 Å². The molecule has 0 aliphatic heterocycles. The Hall–Kier alpha value is -1.41. The van der Waals surface area contributed by atoms with Crippen molar-refractivity contribution in [1.82, 2.24) is 0 Å². The molecule has 0 heterocycles. The summed E-state index contributed by atoms with van der Waals surface area (Å²) in [5.74, 6) is -0.983. The number of benzene rings is 2. The number of halogens is 3. The number of fused-ring (bicyclic) bond motifs is 1. The molecule has 0 bridgehead atoms. The first-order chi connectivity index (χ1) is 9.08. The normalized spacial score (nSPS) is 18.6. The van der Waals surface area contributed by atoms with Crippen molar-refractivity contribution in [2.75, 3.05) is 0 Å². The molecule has 0 N–H and O–H groups in total. The molecule has 0 radical (unpaired) electrons. The number of alkyl halides is 1. The van der Waals surface area contributed by atoms with E-state index in [0.29, 0.717) is 11.1 Å². The Bertz CT molecular complexity index is 637. The van der Waals surface area contributed by atoms with Gasteiger partial charge in [-0.25, -0.2) is 8.78 Å². The maximum Gasteiger partial charge on any atom is 0.130 e. The van der Waals surface area contributed by atoms with E-state index in [0.717, 1.165) is 12.5 Å². The first-order valence-corrected chi connectivity index (χ1v) is 6.69. The Morgan fingerprint density at radius 2 is 1.89 bits per heavy atom. The van der Waals surface area contributed by atoms with Gasteiger partial charge in [0.05, 0.1) is 5.38 Å². The monoisotopic (exact) mass is 278 g/mol. The first-order valence-electron chi connectivity index (χ1n) is 6.25. The fourth-order valence-electron chi connectivity index (χ4n) is 2.67. The molecule has 2 atom stereocenters. The lowest BCUT2D eigenvalue weighted by Gasteiger charge is -2.34. The fourth-order valence-corrected chi connectivity index (χ4v) is 3.06. The second-order valence-electron chi connectivity index (χ2n) is 5.03. The Labute approximate surface area is 116 Å². The molecule has 0 nitrogen and oxygen atoms in total. The van der Waals surface area contributed by atoms with E-state index in [9.17, 15) is 8.78 Å². The predicted molar refractivity (Wildman–Crippen MR) is 72.6 cm³/mol. The second-order valence-corrected chi connectivity index (χ2v) is 5.50. The van der Waals surface area contributed by atoms with Crippen LogP contribution >= 0.6 is 11.6 Å². The molecule has 3 heteroatoms. The van der Waals surface area contributed by atoms with Gasteiger partial charge in [0.15, 0.2) is 0 Å². The van der Waals surface area contributed by atoms with Crippen LogP contribution in [0.25, 0.3) is 0 Å². The molecule has 0 amide bonds. The van der Waals surface area contributed by atoms with E-state index in [-0.39, 0.29) is 5.92 Å². The molecule has 0 spiro atoms. The summed E-state index contributed by atoms with van der Waals surface area (Å²) in [5, 5.41) is -0.450. The molecule has 1 aliphatic carbocycles. The Balaban J connectivity index is 1.94. The molecule has 0 saturated heterocycles. The minimum Gasteiger partial charge on any atom is -0.207 e. The fraction of sp³-hybridized carbons (Fsp3) is 0.250. The summed E-state index contributed by atoms with van der Waals surface area (Å²) >= 11 is 6.40. The Morgan fingerprint density at radius 3 is 2.63 bits per heavy atom. The van der Waals surface area contributed by atoms with Gasteiger partial charge in [0, 0.05) is 17.5 Å². The van der Waals surface area contributed by atoms with Crippen LogP contribution in [0.2, 0.25) is 0 Å². The minimum absolute atomic E-state index is 0.109. The molecule has 3 rings (SSSR count). The SMILES string of the molecule is Cc1cc(C(Cl)C2Cc3ccccc32)c(F)cc1F. The largest absolute Gasteiger partial charge is 0.207 e. The predicted octanol–water partition coefficient (Wildman–Crippen LogP) is 4.89. The minimum atomic E-state index is -0.563. The molecule has 0 aromatic heterocycles. The van der Waals surface area contributed by atoms with Crippen molar-refractivity contribution in [3.05, 3.63) is 70.3 Å². The van der Waals surface area contributed by atoms with Gasteiger partial charge in [-0.05, 0) is 36.1 Å². The molecule has 0 saturated carbocycles. The highest BCUT2D eigenvalue weighted by Crippen LogP contribution is 2.47. The standard InChI is InChI=1S/C16H13ClF2/c1-9-6-13(15(19)8-14(9)18)16(17)12-7-10-4-2-3-5-11(10)12/h2-6,8,12,16H,7H2,1H3. The van der Waals surface area contributed by atoms with E-state index in [1.54, 1.807) is 6.92 Å². The summed E-state index contributed by atoms with van der Waals surface area (Å²) in [6, 6.07) is 10.5. The lowest BCUT2D eigenvalue weighted by atomic mass is 9.74. The van der Waals surface area contributed by atoms with Gasteiger partial charge >= 0.3 is 0 Å². The molecule has 2 unspecified atom stereocenters. The van der Waals surface area contributed by atoms with Crippen molar-refractivity contribution in [2.45, 2.75) is 24.6 Å². The van der Waals surface area contributed by atoms with Gasteiger partial charge in [-0.15, -0.1) is 11.6 Å². The molecule has 19 heavy (non-hydrogen) atoms. The third kappa shape index (κ3) is 2.04. The van der Waals surface area contributed by atoms with Crippen molar-refractivity contribution < 1.29 is 8.78 Å². The third-order valence-electron chi connectivity index (χ3n) is 3.82. The van der Waals surface area contributed by atoms with Crippen LogP contribution in [-0.2, 0) is 6.42 Å². The highest BCUT2D eigenvalue weighted by Gasteiger charge is 2.34. The van der Waals surface area contributed by atoms with Crippen molar-refractivity contribution >= 4 is 11.6 Å². The zero-order chi connectivity index (χ0) is 13.6. The summed E-state index contributed by atoms with van der Waals surface area (Å²) in [5.41, 5.74) is 3.25. The van der Waals surface area contributed by atoms with Gasteiger partial charge in [-0.1, -0.05) is 24.3 Å². The zero-order valence-corrected chi connectivity index (χ0v) is 11.2. The third-order valence-corrected chi connectivity index (χ3v) is 4.36. The molecular formula is C16H13ClF2. The van der Waals surface area contributed by atoms with Crippen molar-refractivity contribution in [1.29, 1.82) is 0 Å². The Kier molecular flexibility index (Phi) is 3.06. The number of aryl methyl sites for hydroxylation is 1. The molecule has 2 aromatic rings. The van der Waals surface area contributed by atoms with E-state index < -0.39 is 17.0 Å². The lowest BCUT2D eigenvalue weighted by Crippen LogP contribution is -2.21. The highest BCUT2D eigenvalue weighted by atomic mass is 35.5. The van der Waals surface area contributed by atoms with E-state index in [4.69, 9.17) is 11.6 Å². The average Bonchev–Trinajstić information content (AvgIpc) is 2.35. The summed E-state index contributed by atoms with van der Waals surface area (Å²) in [4.78, 5) is 0. The smallest absolute Gasteiger partial charge is 0.130 e. The highest BCUT2D eigenvalue weighted by molar-refractivity contribution is 6.21. The first kappa shape index (κ1) is 12.6.